The second kappa shape index (κ2) is 12.7. The summed E-state index contributed by atoms with van der Waals surface area (Å²) in [6.07, 6.45) is 0. The first-order valence-electron chi connectivity index (χ1n) is 18.2. The number of rotatable bonds is 6. The van der Waals surface area contributed by atoms with Gasteiger partial charge >= 0.3 is 0 Å². The third-order valence-electron chi connectivity index (χ3n) is 10.6. The lowest BCUT2D eigenvalue weighted by Crippen LogP contribution is -2.11. The van der Waals surface area contributed by atoms with Crippen LogP contribution in [-0.2, 0) is 0 Å². The van der Waals surface area contributed by atoms with E-state index in [0.717, 1.165) is 17.1 Å². The van der Waals surface area contributed by atoms with Gasteiger partial charge in [0.25, 0.3) is 0 Å². The number of fused-ring (bicyclic) bond motifs is 6. The molecule has 10 rings (SSSR count). The van der Waals surface area contributed by atoms with Gasteiger partial charge in [-0.05, 0) is 108 Å². The molecule has 2 aromatic heterocycles. The van der Waals surface area contributed by atoms with Gasteiger partial charge in [0.15, 0.2) is 0 Å². The van der Waals surface area contributed by atoms with E-state index in [1.54, 1.807) is 0 Å². The molecule has 0 aliphatic heterocycles. The summed E-state index contributed by atoms with van der Waals surface area (Å²) in [4.78, 5) is 2.45. The van der Waals surface area contributed by atoms with Crippen molar-refractivity contribution in [1.29, 1.82) is 0 Å². The molecule has 10 aromatic rings. The van der Waals surface area contributed by atoms with E-state index in [0.29, 0.717) is 0 Å². The van der Waals surface area contributed by atoms with Gasteiger partial charge < -0.3 is 9.47 Å². The second-order valence-corrected chi connectivity index (χ2v) is 14.9. The van der Waals surface area contributed by atoms with Crippen molar-refractivity contribution in [2.45, 2.75) is 13.8 Å². The molecule has 2 nitrogen and oxygen atoms in total. The standard InChI is InChI=1S/C50H36N2S/c1-33-30-39(31-34(2)48(33)35-16-5-3-6-17-35)51(37-19-7-4-8-20-37)46-29-28-40(50-49(46)43-24-11-14-27-47(43)53-50)36-18-15-21-38(32-36)52-44-25-12-9-22-41(44)42-23-10-13-26-45(42)52/h3-32H,1-2H3. The predicted octanol–water partition coefficient (Wildman–Crippen LogP) is 14.6. The minimum atomic E-state index is 1.14. The zero-order valence-corrected chi connectivity index (χ0v) is 30.4. The smallest absolute Gasteiger partial charge is 0.0555 e. The number of benzene rings is 8. The van der Waals surface area contributed by atoms with Gasteiger partial charge in [-0.2, -0.15) is 0 Å². The summed E-state index contributed by atoms with van der Waals surface area (Å²) in [5.41, 5.74) is 14.6. The van der Waals surface area contributed by atoms with E-state index in [4.69, 9.17) is 0 Å². The van der Waals surface area contributed by atoms with Gasteiger partial charge in [-0.25, -0.2) is 0 Å². The average Bonchev–Trinajstić information content (AvgIpc) is 3.76. The number of para-hydroxylation sites is 3. The highest BCUT2D eigenvalue weighted by Crippen LogP contribution is 2.49. The van der Waals surface area contributed by atoms with Gasteiger partial charge in [0.05, 0.1) is 16.7 Å². The molecule has 0 spiro atoms. The summed E-state index contributed by atoms with van der Waals surface area (Å²) >= 11 is 1.89. The molecule has 0 unspecified atom stereocenters. The van der Waals surface area contributed by atoms with E-state index < -0.39 is 0 Å². The van der Waals surface area contributed by atoms with Gasteiger partial charge in [-0.15, -0.1) is 11.3 Å². The summed E-state index contributed by atoms with van der Waals surface area (Å²) in [6.45, 7) is 4.48. The van der Waals surface area contributed by atoms with E-state index in [9.17, 15) is 0 Å². The van der Waals surface area contributed by atoms with Gasteiger partial charge in [0, 0.05) is 48.0 Å². The highest BCUT2D eigenvalue weighted by molar-refractivity contribution is 7.26. The molecule has 3 heteroatoms. The first-order valence-corrected chi connectivity index (χ1v) is 19.0. The fourth-order valence-corrected chi connectivity index (χ4v) is 9.63. The second-order valence-electron chi connectivity index (χ2n) is 13.8. The van der Waals surface area contributed by atoms with Crippen molar-refractivity contribution < 1.29 is 0 Å². The van der Waals surface area contributed by atoms with E-state index in [1.165, 1.54) is 81.0 Å². The van der Waals surface area contributed by atoms with Gasteiger partial charge in [0.1, 0.15) is 0 Å². The Labute approximate surface area is 313 Å². The van der Waals surface area contributed by atoms with Crippen molar-refractivity contribution in [3.05, 3.63) is 193 Å². The summed E-state index contributed by atoms with van der Waals surface area (Å²) in [7, 11) is 0. The molecular formula is C50H36N2S. The lowest BCUT2D eigenvalue weighted by Gasteiger charge is -2.28. The SMILES string of the molecule is Cc1cc(N(c2ccccc2)c2ccc(-c3cccc(-n4c5ccccc5c5ccccc54)c3)c3sc4ccccc4c23)cc(C)c1-c1ccccc1. The molecule has 0 aliphatic carbocycles. The molecule has 0 radical (unpaired) electrons. The topological polar surface area (TPSA) is 8.17 Å². The number of hydrogen-bond donors (Lipinski definition) is 0. The molecular weight excluding hydrogens is 661 g/mol. The molecule has 0 aliphatic rings. The lowest BCUT2D eigenvalue weighted by molar-refractivity contribution is 1.18. The Balaban J connectivity index is 1.20. The van der Waals surface area contributed by atoms with Crippen LogP contribution >= 0.6 is 11.3 Å². The Morgan fingerprint density at radius 1 is 0.472 bits per heavy atom. The van der Waals surface area contributed by atoms with Crippen molar-refractivity contribution in [3.63, 3.8) is 0 Å². The van der Waals surface area contributed by atoms with Crippen LogP contribution in [0.2, 0.25) is 0 Å². The Kier molecular flexibility index (Phi) is 7.48. The fourth-order valence-electron chi connectivity index (χ4n) is 8.37. The van der Waals surface area contributed by atoms with E-state index in [-0.39, 0.29) is 0 Å². The Hall–Kier alpha value is -6.42. The third-order valence-corrected chi connectivity index (χ3v) is 11.8. The average molecular weight is 697 g/mol. The summed E-state index contributed by atoms with van der Waals surface area (Å²) in [6, 6.07) is 66.3. The number of aromatic nitrogens is 1. The van der Waals surface area contributed by atoms with Crippen LogP contribution in [0.25, 0.3) is 69.9 Å². The molecule has 0 amide bonds. The summed E-state index contributed by atoms with van der Waals surface area (Å²) in [5.74, 6) is 0. The van der Waals surface area contributed by atoms with Crippen molar-refractivity contribution in [3.8, 4) is 27.9 Å². The number of hydrogen-bond acceptors (Lipinski definition) is 2. The van der Waals surface area contributed by atoms with Crippen molar-refractivity contribution in [2.75, 3.05) is 4.90 Å². The molecule has 0 saturated carbocycles. The van der Waals surface area contributed by atoms with E-state index in [1.807, 2.05) is 11.3 Å². The highest BCUT2D eigenvalue weighted by atomic mass is 32.1. The molecule has 0 atom stereocenters. The fraction of sp³-hybridized carbons (Fsp3) is 0.0400. The van der Waals surface area contributed by atoms with Crippen LogP contribution in [0.3, 0.4) is 0 Å². The maximum atomic E-state index is 2.45. The van der Waals surface area contributed by atoms with Crippen molar-refractivity contribution in [2.24, 2.45) is 0 Å². The lowest BCUT2D eigenvalue weighted by atomic mass is 9.94. The highest BCUT2D eigenvalue weighted by Gasteiger charge is 2.22. The summed E-state index contributed by atoms with van der Waals surface area (Å²) < 4.78 is 4.99. The summed E-state index contributed by atoms with van der Waals surface area (Å²) in [5, 5.41) is 5.09. The monoisotopic (exact) mass is 696 g/mol. The van der Waals surface area contributed by atoms with Gasteiger partial charge in [-0.1, -0.05) is 121 Å². The van der Waals surface area contributed by atoms with E-state index >= 15 is 0 Å². The minimum absolute atomic E-state index is 1.14. The Morgan fingerprint density at radius 2 is 1.06 bits per heavy atom. The number of thiophene rings is 1. The van der Waals surface area contributed by atoms with Crippen LogP contribution in [0.1, 0.15) is 11.1 Å². The maximum Gasteiger partial charge on any atom is 0.0555 e. The molecule has 0 saturated heterocycles. The predicted molar refractivity (Wildman–Crippen MR) is 229 cm³/mol. The van der Waals surface area contributed by atoms with Crippen molar-refractivity contribution in [1.82, 2.24) is 4.57 Å². The zero-order chi connectivity index (χ0) is 35.5. The molecule has 2 heterocycles. The Morgan fingerprint density at radius 3 is 1.75 bits per heavy atom. The van der Waals surface area contributed by atoms with Crippen molar-refractivity contribution >= 4 is 70.4 Å². The van der Waals surface area contributed by atoms with Crippen LogP contribution in [-0.4, -0.2) is 4.57 Å². The Bertz CT molecular complexity index is 2890. The minimum Gasteiger partial charge on any atom is -0.310 e. The van der Waals surface area contributed by atoms with Crippen LogP contribution in [0.5, 0.6) is 0 Å². The van der Waals surface area contributed by atoms with Crippen LogP contribution in [0, 0.1) is 13.8 Å². The number of nitrogens with zero attached hydrogens (tertiary/aromatic N) is 2. The molecule has 0 N–H and O–H groups in total. The first kappa shape index (κ1) is 31.3. The zero-order valence-electron chi connectivity index (χ0n) is 29.6. The maximum absolute atomic E-state index is 2.45. The third kappa shape index (κ3) is 5.16. The number of anilines is 3. The molecule has 53 heavy (non-hydrogen) atoms. The van der Waals surface area contributed by atoms with Crippen LogP contribution in [0.15, 0.2) is 182 Å². The van der Waals surface area contributed by atoms with Crippen LogP contribution < -0.4 is 4.90 Å². The van der Waals surface area contributed by atoms with Gasteiger partial charge in [0.2, 0.25) is 0 Å². The molecule has 252 valence electrons. The number of aryl methyl sites for hydroxylation is 2. The van der Waals surface area contributed by atoms with Gasteiger partial charge in [-0.3, -0.25) is 0 Å². The first-order chi connectivity index (χ1) is 26.1. The largest absolute Gasteiger partial charge is 0.310 e. The molecule has 0 bridgehead atoms. The quantitative estimate of drug-likeness (QED) is 0.168. The normalized spacial score (nSPS) is 11.6. The molecule has 0 fully saturated rings. The van der Waals surface area contributed by atoms with Crippen LogP contribution in [0.4, 0.5) is 17.1 Å². The van der Waals surface area contributed by atoms with E-state index in [2.05, 4.69) is 205 Å². The molecule has 8 aromatic carbocycles.